The van der Waals surface area contributed by atoms with E-state index in [9.17, 15) is 0 Å². The Morgan fingerprint density at radius 2 is 2.25 bits per heavy atom. The number of rotatable bonds is 5. The Labute approximate surface area is 100 Å². The van der Waals surface area contributed by atoms with E-state index in [1.165, 1.54) is 9.75 Å². The van der Waals surface area contributed by atoms with Crippen molar-refractivity contribution < 1.29 is 4.42 Å². The van der Waals surface area contributed by atoms with Crippen molar-refractivity contribution in [2.24, 2.45) is 0 Å². The highest BCUT2D eigenvalue weighted by Gasteiger charge is 2.11. The zero-order chi connectivity index (χ0) is 11.4. The van der Waals surface area contributed by atoms with Crippen LogP contribution in [0.5, 0.6) is 0 Å². The average molecular weight is 235 g/mol. The second kappa shape index (κ2) is 5.32. The van der Waals surface area contributed by atoms with Crippen LogP contribution in [0.4, 0.5) is 0 Å². The summed E-state index contributed by atoms with van der Waals surface area (Å²) in [5, 5.41) is 3.36. The van der Waals surface area contributed by atoms with Gasteiger partial charge in [-0.25, -0.2) is 0 Å². The zero-order valence-electron chi connectivity index (χ0n) is 9.69. The summed E-state index contributed by atoms with van der Waals surface area (Å²) in [5.74, 6) is 1.06. The van der Waals surface area contributed by atoms with Gasteiger partial charge in [-0.2, -0.15) is 0 Å². The molecule has 0 aliphatic carbocycles. The van der Waals surface area contributed by atoms with Gasteiger partial charge < -0.3 is 9.73 Å². The van der Waals surface area contributed by atoms with Crippen molar-refractivity contribution >= 4 is 11.3 Å². The van der Waals surface area contributed by atoms with Gasteiger partial charge in [-0.3, -0.25) is 0 Å². The minimum absolute atomic E-state index is 0.434. The summed E-state index contributed by atoms with van der Waals surface area (Å²) in [6.45, 7) is 2.15. The zero-order valence-corrected chi connectivity index (χ0v) is 10.5. The molecule has 0 fully saturated rings. The van der Waals surface area contributed by atoms with Crippen molar-refractivity contribution in [3.8, 4) is 0 Å². The van der Waals surface area contributed by atoms with Crippen molar-refractivity contribution in [2.45, 2.75) is 25.8 Å². The van der Waals surface area contributed by atoms with E-state index in [-0.39, 0.29) is 0 Å². The second-order valence-electron chi connectivity index (χ2n) is 3.91. The summed E-state index contributed by atoms with van der Waals surface area (Å²) >= 11 is 1.86. The molecule has 0 aliphatic rings. The second-order valence-corrected chi connectivity index (χ2v) is 5.23. The van der Waals surface area contributed by atoms with E-state index in [1.807, 2.05) is 30.5 Å². The summed E-state index contributed by atoms with van der Waals surface area (Å²) in [6, 6.07) is 8.80. The van der Waals surface area contributed by atoms with Gasteiger partial charge in [0, 0.05) is 22.2 Å². The van der Waals surface area contributed by atoms with E-state index in [2.05, 4.69) is 24.4 Å². The Morgan fingerprint density at radius 3 is 2.81 bits per heavy atom. The molecule has 1 unspecified atom stereocenters. The lowest BCUT2D eigenvalue weighted by molar-refractivity contribution is 0.472. The van der Waals surface area contributed by atoms with Gasteiger partial charge >= 0.3 is 0 Å². The molecule has 16 heavy (non-hydrogen) atoms. The Morgan fingerprint density at radius 1 is 1.38 bits per heavy atom. The molecule has 2 heterocycles. The van der Waals surface area contributed by atoms with Gasteiger partial charge in [0.05, 0.1) is 6.26 Å². The summed E-state index contributed by atoms with van der Waals surface area (Å²) in [4.78, 5) is 2.78. The van der Waals surface area contributed by atoms with Crippen LogP contribution in [-0.4, -0.2) is 7.05 Å². The lowest BCUT2D eigenvalue weighted by Gasteiger charge is -2.13. The molecule has 0 aliphatic heterocycles. The molecular formula is C13H17NOS. The fourth-order valence-electron chi connectivity index (χ4n) is 1.81. The molecule has 2 nitrogen and oxygen atoms in total. The van der Waals surface area contributed by atoms with Crippen LogP contribution in [0.1, 0.15) is 28.0 Å². The third-order valence-corrected chi connectivity index (χ3v) is 3.83. The molecule has 0 aromatic carbocycles. The number of furan rings is 1. The molecule has 3 heteroatoms. The van der Waals surface area contributed by atoms with Crippen LogP contribution < -0.4 is 5.32 Å². The highest BCUT2D eigenvalue weighted by Crippen LogP contribution is 2.26. The lowest BCUT2D eigenvalue weighted by Crippen LogP contribution is -2.15. The Bertz CT molecular complexity index is 419. The number of thiophene rings is 1. The third kappa shape index (κ3) is 2.74. The van der Waals surface area contributed by atoms with Gasteiger partial charge in [0.2, 0.25) is 0 Å². The smallest absolute Gasteiger partial charge is 0.103 e. The highest BCUT2D eigenvalue weighted by atomic mass is 32.1. The summed E-state index contributed by atoms with van der Waals surface area (Å²) < 4.78 is 5.35. The molecule has 2 aromatic heterocycles. The minimum atomic E-state index is 0.434. The van der Waals surface area contributed by atoms with Gasteiger partial charge in [-0.1, -0.05) is 0 Å². The Hall–Kier alpha value is -1.06. The van der Waals surface area contributed by atoms with Crippen LogP contribution in [0.25, 0.3) is 0 Å². The largest absolute Gasteiger partial charge is 0.469 e. The van der Waals surface area contributed by atoms with Gasteiger partial charge in [-0.05, 0) is 44.7 Å². The van der Waals surface area contributed by atoms with E-state index in [4.69, 9.17) is 4.42 Å². The third-order valence-electron chi connectivity index (χ3n) is 2.71. The van der Waals surface area contributed by atoms with E-state index in [0.717, 1.165) is 18.6 Å². The highest BCUT2D eigenvalue weighted by molar-refractivity contribution is 7.12. The van der Waals surface area contributed by atoms with Crippen molar-refractivity contribution in [3.05, 3.63) is 46.0 Å². The van der Waals surface area contributed by atoms with Crippen LogP contribution in [0.2, 0.25) is 0 Å². The molecule has 0 bridgehead atoms. The molecule has 0 radical (unpaired) electrons. The van der Waals surface area contributed by atoms with E-state index in [0.29, 0.717) is 6.04 Å². The molecule has 2 aromatic rings. The average Bonchev–Trinajstić information content (AvgIpc) is 2.91. The van der Waals surface area contributed by atoms with Crippen molar-refractivity contribution in [3.63, 3.8) is 0 Å². The predicted molar refractivity (Wildman–Crippen MR) is 67.9 cm³/mol. The fraction of sp³-hybridized carbons (Fsp3) is 0.385. The minimum Gasteiger partial charge on any atom is -0.469 e. The molecule has 2 rings (SSSR count). The van der Waals surface area contributed by atoms with Gasteiger partial charge in [-0.15, -0.1) is 11.3 Å². The molecule has 0 spiro atoms. The van der Waals surface area contributed by atoms with Crippen LogP contribution in [0, 0.1) is 6.92 Å². The van der Waals surface area contributed by atoms with Gasteiger partial charge in [0.1, 0.15) is 5.76 Å². The standard InChI is InChI=1S/C13H17NOS/c1-10-5-8-13(16-10)12(14-2)7-6-11-4-3-9-15-11/h3-5,8-9,12,14H,6-7H2,1-2H3. The van der Waals surface area contributed by atoms with Crippen molar-refractivity contribution in [1.82, 2.24) is 5.32 Å². The number of aryl methyl sites for hydroxylation is 2. The van der Waals surface area contributed by atoms with Crippen LogP contribution in [0.15, 0.2) is 34.9 Å². The quantitative estimate of drug-likeness (QED) is 0.857. The SMILES string of the molecule is CNC(CCc1ccco1)c1ccc(C)s1. The topological polar surface area (TPSA) is 25.2 Å². The van der Waals surface area contributed by atoms with Gasteiger partial charge in [0.25, 0.3) is 0 Å². The van der Waals surface area contributed by atoms with Gasteiger partial charge in [0.15, 0.2) is 0 Å². The predicted octanol–water partition coefficient (Wildman–Crippen LogP) is 3.54. The molecule has 0 amide bonds. The normalized spacial score (nSPS) is 12.9. The van der Waals surface area contributed by atoms with E-state index in [1.54, 1.807) is 6.26 Å². The summed E-state index contributed by atoms with van der Waals surface area (Å²) in [5.41, 5.74) is 0. The van der Waals surface area contributed by atoms with E-state index >= 15 is 0 Å². The maximum Gasteiger partial charge on any atom is 0.103 e. The van der Waals surface area contributed by atoms with Crippen molar-refractivity contribution in [1.29, 1.82) is 0 Å². The van der Waals surface area contributed by atoms with Crippen LogP contribution in [-0.2, 0) is 6.42 Å². The first-order chi connectivity index (χ1) is 7.79. The monoisotopic (exact) mass is 235 g/mol. The van der Waals surface area contributed by atoms with Crippen LogP contribution in [0.3, 0.4) is 0 Å². The summed E-state index contributed by atoms with van der Waals surface area (Å²) in [7, 11) is 2.02. The number of hydrogen-bond acceptors (Lipinski definition) is 3. The summed E-state index contributed by atoms with van der Waals surface area (Å²) in [6.07, 6.45) is 3.79. The first-order valence-electron chi connectivity index (χ1n) is 5.55. The molecule has 0 saturated heterocycles. The first-order valence-corrected chi connectivity index (χ1v) is 6.37. The lowest BCUT2D eigenvalue weighted by atomic mass is 10.1. The first kappa shape index (κ1) is 11.4. The Kier molecular flexibility index (Phi) is 3.80. The molecule has 1 atom stereocenters. The molecule has 86 valence electrons. The maximum atomic E-state index is 5.35. The number of hydrogen-bond donors (Lipinski definition) is 1. The molecule has 1 N–H and O–H groups in total. The Balaban J connectivity index is 1.96. The van der Waals surface area contributed by atoms with E-state index < -0.39 is 0 Å². The molecular weight excluding hydrogens is 218 g/mol. The van der Waals surface area contributed by atoms with Crippen molar-refractivity contribution in [2.75, 3.05) is 7.05 Å². The fourth-order valence-corrected chi connectivity index (χ4v) is 2.83. The number of nitrogens with one attached hydrogen (secondary N) is 1. The molecule has 0 saturated carbocycles. The van der Waals surface area contributed by atoms with Crippen LogP contribution >= 0.6 is 11.3 Å². The maximum absolute atomic E-state index is 5.35.